The van der Waals surface area contributed by atoms with Gasteiger partial charge >= 0.3 is 0 Å². The van der Waals surface area contributed by atoms with Crippen LogP contribution in [-0.2, 0) is 0 Å². The van der Waals surface area contributed by atoms with Gasteiger partial charge in [0.2, 0.25) is 0 Å². The van der Waals surface area contributed by atoms with Gasteiger partial charge in [-0.3, -0.25) is 0 Å². The molecule has 0 N–H and O–H groups in total. The lowest BCUT2D eigenvalue weighted by Gasteiger charge is -1.90. The van der Waals surface area contributed by atoms with Crippen molar-refractivity contribution >= 4 is 31.3 Å². The summed E-state index contributed by atoms with van der Waals surface area (Å²) in [6, 6.07) is 9.96. The predicted molar refractivity (Wildman–Crippen MR) is 52.4 cm³/mol. The van der Waals surface area contributed by atoms with E-state index >= 15 is 0 Å². The Morgan fingerprint density at radius 3 is 2.20 bits per heavy atom. The monoisotopic (exact) mass is 168 g/mol. The second-order valence-corrected chi connectivity index (χ2v) is 3.23. The average Bonchev–Trinajstić information content (AvgIpc) is 1.88. The molecule has 52 valence electrons. The van der Waals surface area contributed by atoms with E-state index in [4.69, 9.17) is 0 Å². The lowest BCUT2D eigenvalue weighted by molar-refractivity contribution is 1.66. The fraction of sp³-hybridized carbons (Fsp3) is 0. The summed E-state index contributed by atoms with van der Waals surface area (Å²) in [5, 5.41) is 0. The van der Waals surface area contributed by atoms with Crippen molar-refractivity contribution in [2.75, 3.05) is 0 Å². The highest BCUT2D eigenvalue weighted by atomic mass is 32.2. The molecule has 0 aliphatic heterocycles. The second kappa shape index (κ2) is 3.74. The number of rotatable bonds is 1. The summed E-state index contributed by atoms with van der Waals surface area (Å²) in [7, 11) is 0. The zero-order valence-corrected chi connectivity index (χ0v) is 7.15. The van der Waals surface area contributed by atoms with E-state index in [1.54, 1.807) is 0 Å². The summed E-state index contributed by atoms with van der Waals surface area (Å²) >= 11 is 8.07. The maximum atomic E-state index is 4.03. The van der Waals surface area contributed by atoms with Gasteiger partial charge in [-0.15, -0.1) is 25.3 Å². The first-order valence-electron chi connectivity index (χ1n) is 2.94. The summed E-state index contributed by atoms with van der Waals surface area (Å²) in [6.07, 6.45) is 1.90. The van der Waals surface area contributed by atoms with Gasteiger partial charge in [0.05, 0.1) is 0 Å². The average molecular weight is 168 g/mol. The van der Waals surface area contributed by atoms with Gasteiger partial charge in [0.15, 0.2) is 0 Å². The zero-order chi connectivity index (χ0) is 7.40. The molecule has 0 aromatic heterocycles. The van der Waals surface area contributed by atoms with Crippen LogP contribution in [0.4, 0.5) is 0 Å². The molecule has 0 saturated carbocycles. The molecule has 1 rings (SSSR count). The van der Waals surface area contributed by atoms with Crippen LogP contribution in [-0.4, -0.2) is 0 Å². The van der Waals surface area contributed by atoms with E-state index < -0.39 is 0 Å². The summed E-state index contributed by atoms with van der Waals surface area (Å²) in [4.78, 5) is 0. The van der Waals surface area contributed by atoms with Gasteiger partial charge in [-0.2, -0.15) is 0 Å². The first-order valence-corrected chi connectivity index (χ1v) is 3.83. The largest absolute Gasteiger partial charge is 0.137 e. The molecule has 0 atom stereocenters. The Morgan fingerprint density at radius 2 is 1.70 bits per heavy atom. The lowest BCUT2D eigenvalue weighted by atomic mass is 10.2. The number of hydrogen-bond acceptors (Lipinski definition) is 2. The van der Waals surface area contributed by atoms with Crippen LogP contribution in [0.2, 0.25) is 0 Å². The van der Waals surface area contributed by atoms with Crippen LogP contribution in [0.15, 0.2) is 34.6 Å². The summed E-state index contributed by atoms with van der Waals surface area (Å²) in [5.74, 6) is 0. The molecule has 0 fully saturated rings. The molecule has 10 heavy (non-hydrogen) atoms. The molecule has 0 radical (unpaired) electrons. The Balaban J connectivity index is 2.87. The highest BCUT2D eigenvalue weighted by Gasteiger charge is 1.83. The first-order chi connectivity index (χ1) is 4.79. The molecule has 0 amide bonds. The molecule has 1 aromatic rings. The maximum Gasteiger partial charge on any atom is 0.0345 e. The van der Waals surface area contributed by atoms with Crippen molar-refractivity contribution in [2.45, 2.75) is 0 Å². The molecule has 1 aromatic carbocycles. The molecule has 0 nitrogen and oxygen atoms in total. The molecule has 0 bridgehead atoms. The quantitative estimate of drug-likeness (QED) is 0.592. The SMILES string of the molecule is SC(S)=Cc1ccccc1. The van der Waals surface area contributed by atoms with Crippen molar-refractivity contribution in [3.8, 4) is 0 Å². The molecular formula is C8H8S2. The molecule has 0 aliphatic carbocycles. The molecular weight excluding hydrogens is 160 g/mol. The Labute approximate surface area is 71.8 Å². The Hall–Kier alpha value is -0.340. The van der Waals surface area contributed by atoms with Crippen molar-refractivity contribution < 1.29 is 0 Å². The topological polar surface area (TPSA) is 0 Å². The van der Waals surface area contributed by atoms with E-state index in [0.29, 0.717) is 0 Å². The van der Waals surface area contributed by atoms with Crippen LogP contribution in [0, 0.1) is 0 Å². The van der Waals surface area contributed by atoms with Crippen LogP contribution in [0.25, 0.3) is 6.08 Å². The van der Waals surface area contributed by atoms with Gasteiger partial charge in [0, 0.05) is 4.24 Å². The molecule has 2 heteroatoms. The lowest BCUT2D eigenvalue weighted by Crippen LogP contribution is -1.67. The molecule has 0 aliphatic rings. The van der Waals surface area contributed by atoms with Crippen molar-refractivity contribution in [1.29, 1.82) is 0 Å². The second-order valence-electron chi connectivity index (χ2n) is 1.91. The Kier molecular flexibility index (Phi) is 2.90. The Morgan fingerprint density at radius 1 is 1.10 bits per heavy atom. The minimum Gasteiger partial charge on any atom is -0.137 e. The van der Waals surface area contributed by atoms with E-state index in [9.17, 15) is 0 Å². The van der Waals surface area contributed by atoms with Crippen LogP contribution < -0.4 is 0 Å². The number of benzene rings is 1. The standard InChI is InChI=1S/C8H8S2/c9-8(10)6-7-4-2-1-3-5-7/h1-6,9-10H. The fourth-order valence-corrected chi connectivity index (χ4v) is 0.996. The summed E-state index contributed by atoms with van der Waals surface area (Å²) in [6.45, 7) is 0. The summed E-state index contributed by atoms with van der Waals surface area (Å²) < 4.78 is 0.728. The van der Waals surface area contributed by atoms with Gasteiger partial charge in [-0.05, 0) is 11.6 Å². The minimum atomic E-state index is 0.728. The van der Waals surface area contributed by atoms with Crippen LogP contribution in [0.3, 0.4) is 0 Å². The normalized spacial score (nSPS) is 9.00. The summed E-state index contributed by atoms with van der Waals surface area (Å²) in [5.41, 5.74) is 1.13. The van der Waals surface area contributed by atoms with Crippen molar-refractivity contribution in [3.63, 3.8) is 0 Å². The Bertz CT molecular complexity index is 222. The van der Waals surface area contributed by atoms with Gasteiger partial charge in [-0.1, -0.05) is 30.3 Å². The van der Waals surface area contributed by atoms with Gasteiger partial charge in [0.1, 0.15) is 0 Å². The van der Waals surface area contributed by atoms with Gasteiger partial charge < -0.3 is 0 Å². The maximum absolute atomic E-state index is 4.03. The van der Waals surface area contributed by atoms with Crippen molar-refractivity contribution in [1.82, 2.24) is 0 Å². The number of hydrogen-bond donors (Lipinski definition) is 2. The molecule has 0 saturated heterocycles. The van der Waals surface area contributed by atoms with E-state index in [2.05, 4.69) is 25.3 Å². The van der Waals surface area contributed by atoms with Crippen LogP contribution in [0.5, 0.6) is 0 Å². The van der Waals surface area contributed by atoms with E-state index in [-0.39, 0.29) is 0 Å². The van der Waals surface area contributed by atoms with Gasteiger partial charge in [0.25, 0.3) is 0 Å². The minimum absolute atomic E-state index is 0.728. The smallest absolute Gasteiger partial charge is 0.0345 e. The van der Waals surface area contributed by atoms with Crippen molar-refractivity contribution in [2.24, 2.45) is 0 Å². The first kappa shape index (κ1) is 7.76. The van der Waals surface area contributed by atoms with Crippen LogP contribution in [0.1, 0.15) is 5.56 Å². The predicted octanol–water partition coefficient (Wildman–Crippen LogP) is 2.84. The zero-order valence-electron chi connectivity index (χ0n) is 5.36. The van der Waals surface area contributed by atoms with Crippen LogP contribution >= 0.6 is 25.3 Å². The highest BCUT2D eigenvalue weighted by molar-refractivity contribution is 8.05. The van der Waals surface area contributed by atoms with Gasteiger partial charge in [-0.25, -0.2) is 0 Å². The molecule has 0 spiro atoms. The van der Waals surface area contributed by atoms with Crippen molar-refractivity contribution in [3.05, 3.63) is 40.1 Å². The van der Waals surface area contributed by atoms with E-state index in [1.165, 1.54) is 0 Å². The molecule has 0 unspecified atom stereocenters. The fourth-order valence-electron chi connectivity index (χ4n) is 0.698. The third kappa shape index (κ3) is 2.50. The third-order valence-corrected chi connectivity index (χ3v) is 1.35. The van der Waals surface area contributed by atoms with E-state index in [1.807, 2.05) is 36.4 Å². The molecule has 0 heterocycles. The highest BCUT2D eigenvalue weighted by Crippen LogP contribution is 2.11. The number of thiol groups is 2. The van der Waals surface area contributed by atoms with E-state index in [0.717, 1.165) is 9.80 Å². The third-order valence-electron chi connectivity index (χ3n) is 1.10.